The number of nitrogens with one attached hydrogen (secondary N) is 3. The molecular weight excluding hydrogens is 496 g/mol. The summed E-state index contributed by atoms with van der Waals surface area (Å²) in [6, 6.07) is 15.9. The van der Waals surface area contributed by atoms with Crippen LogP contribution in [0.2, 0.25) is 0 Å². The summed E-state index contributed by atoms with van der Waals surface area (Å²) in [6.45, 7) is 10.2. The third-order valence-electron chi connectivity index (χ3n) is 7.13. The molecule has 0 amide bonds. The van der Waals surface area contributed by atoms with Gasteiger partial charge in [0.25, 0.3) is 0 Å². The van der Waals surface area contributed by atoms with Gasteiger partial charge in [-0.15, -0.1) is 0 Å². The molecule has 0 atom stereocenters. The van der Waals surface area contributed by atoms with E-state index in [1.165, 1.54) is 29.1 Å². The molecular formula is C33H38N6O. The summed E-state index contributed by atoms with van der Waals surface area (Å²) in [7, 11) is 0. The number of benzene rings is 2. The van der Waals surface area contributed by atoms with Crippen LogP contribution < -0.4 is 16.4 Å². The van der Waals surface area contributed by atoms with E-state index in [1.54, 1.807) is 0 Å². The first kappa shape index (κ1) is 28.5. The van der Waals surface area contributed by atoms with Crippen LogP contribution in [0.4, 0.5) is 17.2 Å². The fraction of sp³-hybridized carbons (Fsp3) is 0.242. The van der Waals surface area contributed by atoms with Crippen LogP contribution in [0.25, 0.3) is 17.0 Å². The van der Waals surface area contributed by atoms with Crippen molar-refractivity contribution in [2.75, 3.05) is 17.2 Å². The standard InChI is InChI=1S/C33H38N6O/c1-5-22(3)23(4)10-11-24(6-2)19-36-29-9-7-8-26(16-29)32-38-31-21-40-20-30(31)33(39-32)37-28-14-12-25(13-15-28)27(17-34)18-35/h6-18,34,36H,5,19-21,35H2,1-4H3,(H,37,38,39)/b11-10-,23-22+,24-6+,27-18+,34-17?. The second-order valence-electron chi connectivity index (χ2n) is 9.73. The molecule has 3 aromatic rings. The van der Waals surface area contributed by atoms with Crippen LogP contribution in [0, 0.1) is 5.41 Å². The van der Waals surface area contributed by atoms with Crippen LogP contribution >= 0.6 is 0 Å². The maximum atomic E-state index is 7.51. The van der Waals surface area contributed by atoms with Crippen molar-refractivity contribution in [1.29, 1.82) is 5.41 Å². The highest BCUT2D eigenvalue weighted by molar-refractivity contribution is 6.08. The maximum Gasteiger partial charge on any atom is 0.161 e. The molecule has 1 aliphatic rings. The molecule has 0 aliphatic carbocycles. The minimum absolute atomic E-state index is 0.461. The summed E-state index contributed by atoms with van der Waals surface area (Å²) >= 11 is 0. The largest absolute Gasteiger partial charge is 0.404 e. The number of nitrogens with zero attached hydrogens (tertiary/aromatic N) is 2. The fourth-order valence-corrected chi connectivity index (χ4v) is 4.28. The molecule has 7 nitrogen and oxygen atoms in total. The van der Waals surface area contributed by atoms with Crippen LogP contribution in [0.5, 0.6) is 0 Å². The van der Waals surface area contributed by atoms with E-state index in [0.717, 1.165) is 52.5 Å². The van der Waals surface area contributed by atoms with Gasteiger partial charge in [0, 0.05) is 47.0 Å². The van der Waals surface area contributed by atoms with E-state index in [0.29, 0.717) is 24.6 Å². The SMILES string of the molecule is C\C=C(/C=C\C(C)=C(/C)CC)CNc1cccc(-c2nc3c(c(Nc4ccc(/C(C=N)=C/N)cc4)n2)COC3)c1. The smallest absolute Gasteiger partial charge is 0.161 e. The highest BCUT2D eigenvalue weighted by Gasteiger charge is 2.21. The first-order chi connectivity index (χ1) is 19.4. The number of rotatable bonds is 11. The number of fused-ring (bicyclic) bond motifs is 1. The van der Waals surface area contributed by atoms with Gasteiger partial charge in [0.15, 0.2) is 5.82 Å². The van der Waals surface area contributed by atoms with Crippen molar-refractivity contribution in [2.45, 2.75) is 47.3 Å². The molecule has 2 heterocycles. The minimum atomic E-state index is 0.461. The fourth-order valence-electron chi connectivity index (χ4n) is 4.28. The summed E-state index contributed by atoms with van der Waals surface area (Å²) in [6.07, 6.45) is 10.2. The van der Waals surface area contributed by atoms with Gasteiger partial charge in [0.2, 0.25) is 0 Å². The predicted molar refractivity (Wildman–Crippen MR) is 167 cm³/mol. The highest BCUT2D eigenvalue weighted by atomic mass is 16.5. The second kappa shape index (κ2) is 13.5. The van der Waals surface area contributed by atoms with Crippen molar-refractivity contribution < 1.29 is 4.74 Å². The summed E-state index contributed by atoms with van der Waals surface area (Å²) in [5.41, 5.74) is 15.8. The lowest BCUT2D eigenvalue weighted by Crippen LogP contribution is -2.05. The molecule has 0 spiro atoms. The summed E-state index contributed by atoms with van der Waals surface area (Å²) in [5, 5.41) is 14.5. The number of anilines is 3. The molecule has 2 aromatic carbocycles. The average molecular weight is 535 g/mol. The van der Waals surface area contributed by atoms with E-state index in [2.05, 4.69) is 68.7 Å². The molecule has 0 saturated heterocycles. The summed E-state index contributed by atoms with van der Waals surface area (Å²) < 4.78 is 5.71. The van der Waals surface area contributed by atoms with E-state index in [4.69, 9.17) is 25.8 Å². The lowest BCUT2D eigenvalue weighted by molar-refractivity contribution is 0.133. The Kier molecular flexibility index (Phi) is 9.65. The quantitative estimate of drug-likeness (QED) is 0.150. The molecule has 40 heavy (non-hydrogen) atoms. The molecule has 1 aliphatic heterocycles. The van der Waals surface area contributed by atoms with Crippen molar-refractivity contribution in [2.24, 2.45) is 5.73 Å². The molecule has 0 bridgehead atoms. The van der Waals surface area contributed by atoms with Gasteiger partial charge in [-0.1, -0.05) is 60.6 Å². The first-order valence-electron chi connectivity index (χ1n) is 13.6. The first-order valence-corrected chi connectivity index (χ1v) is 13.6. The van der Waals surface area contributed by atoms with E-state index in [9.17, 15) is 0 Å². The van der Waals surface area contributed by atoms with Crippen molar-refractivity contribution in [1.82, 2.24) is 9.97 Å². The highest BCUT2D eigenvalue weighted by Crippen LogP contribution is 2.31. The number of hydrogen-bond acceptors (Lipinski definition) is 7. The average Bonchev–Trinajstić information content (AvgIpc) is 3.47. The van der Waals surface area contributed by atoms with Gasteiger partial charge in [-0.05, 0) is 62.6 Å². The number of aromatic nitrogens is 2. The lowest BCUT2D eigenvalue weighted by atomic mass is 10.1. The van der Waals surface area contributed by atoms with Gasteiger partial charge in [0.1, 0.15) is 5.82 Å². The van der Waals surface area contributed by atoms with Crippen molar-refractivity contribution in [3.63, 3.8) is 0 Å². The monoisotopic (exact) mass is 534 g/mol. The number of allylic oxidation sites excluding steroid dienone is 5. The summed E-state index contributed by atoms with van der Waals surface area (Å²) in [4.78, 5) is 9.73. The Morgan fingerprint density at radius 2 is 1.85 bits per heavy atom. The maximum absolute atomic E-state index is 7.51. The molecule has 0 fully saturated rings. The Labute approximate surface area is 237 Å². The summed E-state index contributed by atoms with van der Waals surface area (Å²) in [5.74, 6) is 1.38. The molecule has 0 saturated carbocycles. The van der Waals surface area contributed by atoms with Gasteiger partial charge < -0.3 is 26.5 Å². The zero-order chi connectivity index (χ0) is 28.5. The van der Waals surface area contributed by atoms with Crippen LogP contribution in [0.3, 0.4) is 0 Å². The Balaban J connectivity index is 1.54. The number of ether oxygens (including phenoxy) is 1. The zero-order valence-corrected chi connectivity index (χ0v) is 23.7. The Hall–Kier alpha value is -4.49. The normalized spacial score (nSPS) is 14.2. The molecule has 206 valence electrons. The van der Waals surface area contributed by atoms with Crippen LogP contribution in [0.15, 0.2) is 89.7 Å². The molecule has 0 unspecified atom stereocenters. The van der Waals surface area contributed by atoms with Gasteiger partial charge in [-0.2, -0.15) is 0 Å². The second-order valence-corrected chi connectivity index (χ2v) is 9.73. The van der Waals surface area contributed by atoms with Crippen molar-refractivity contribution in [3.8, 4) is 11.4 Å². The van der Waals surface area contributed by atoms with Gasteiger partial charge in [-0.3, -0.25) is 0 Å². The molecule has 5 N–H and O–H groups in total. The Morgan fingerprint density at radius 1 is 1.05 bits per heavy atom. The van der Waals surface area contributed by atoms with Crippen molar-refractivity contribution >= 4 is 29.0 Å². The topological polar surface area (TPSA) is 109 Å². The molecule has 4 rings (SSSR count). The minimum Gasteiger partial charge on any atom is -0.404 e. The van der Waals surface area contributed by atoms with Crippen molar-refractivity contribution in [3.05, 3.63) is 106 Å². The van der Waals surface area contributed by atoms with E-state index >= 15 is 0 Å². The van der Waals surface area contributed by atoms with E-state index in [-0.39, 0.29) is 0 Å². The molecule has 0 radical (unpaired) electrons. The molecule has 7 heteroatoms. The number of hydrogen-bond donors (Lipinski definition) is 4. The van der Waals surface area contributed by atoms with Crippen LogP contribution in [0.1, 0.15) is 50.9 Å². The predicted octanol–water partition coefficient (Wildman–Crippen LogP) is 7.53. The van der Waals surface area contributed by atoms with Gasteiger partial charge in [-0.25, -0.2) is 9.97 Å². The number of nitrogens with two attached hydrogens (primary N) is 1. The van der Waals surface area contributed by atoms with E-state index in [1.807, 2.05) is 36.4 Å². The molecule has 1 aromatic heterocycles. The van der Waals surface area contributed by atoms with E-state index < -0.39 is 0 Å². The Morgan fingerprint density at radius 3 is 2.55 bits per heavy atom. The lowest BCUT2D eigenvalue weighted by Gasteiger charge is -2.13. The van der Waals surface area contributed by atoms with Gasteiger partial charge >= 0.3 is 0 Å². The van der Waals surface area contributed by atoms with Crippen LogP contribution in [-0.4, -0.2) is 22.7 Å². The van der Waals surface area contributed by atoms with Gasteiger partial charge in [0.05, 0.1) is 18.9 Å². The third-order valence-corrected chi connectivity index (χ3v) is 7.13. The third kappa shape index (κ3) is 6.93. The Bertz CT molecular complexity index is 1480. The zero-order valence-electron chi connectivity index (χ0n) is 23.7. The van der Waals surface area contributed by atoms with Crippen LogP contribution in [-0.2, 0) is 18.0 Å².